The summed E-state index contributed by atoms with van der Waals surface area (Å²) in [4.78, 5) is 21.0. The van der Waals surface area contributed by atoms with E-state index in [2.05, 4.69) is 37.0 Å². The van der Waals surface area contributed by atoms with Gasteiger partial charge in [0, 0.05) is 22.5 Å². The lowest BCUT2D eigenvalue weighted by Crippen LogP contribution is -2.41. The monoisotopic (exact) mass is 312 g/mol. The number of nitrogens with zero attached hydrogens (tertiary/aromatic N) is 2. The maximum Gasteiger partial charge on any atom is 0.230 e. The van der Waals surface area contributed by atoms with E-state index in [0.717, 1.165) is 36.4 Å². The molecule has 1 amide bonds. The predicted octanol–water partition coefficient (Wildman–Crippen LogP) is 3.53. The largest absolute Gasteiger partial charge is 0.309 e. The van der Waals surface area contributed by atoms with Gasteiger partial charge in [-0.15, -0.1) is 11.3 Å². The highest BCUT2D eigenvalue weighted by Crippen LogP contribution is 2.36. The summed E-state index contributed by atoms with van der Waals surface area (Å²) >= 11 is 1.76. The van der Waals surface area contributed by atoms with Gasteiger partial charge in [0.15, 0.2) is 0 Å². The Morgan fingerprint density at radius 3 is 3.00 bits per heavy atom. The molecular weight excluding hydrogens is 292 g/mol. The fraction of sp³-hybridized carbons (Fsp3) is 0.444. The van der Waals surface area contributed by atoms with E-state index in [0.29, 0.717) is 5.91 Å². The number of hydrogen-bond acceptors (Lipinski definition) is 3. The van der Waals surface area contributed by atoms with E-state index in [9.17, 15) is 4.79 Å². The van der Waals surface area contributed by atoms with Crippen molar-refractivity contribution in [2.24, 2.45) is 5.92 Å². The van der Waals surface area contributed by atoms with Crippen LogP contribution in [0, 0.1) is 12.8 Å². The summed E-state index contributed by atoms with van der Waals surface area (Å²) in [6.45, 7) is 4.21. The maximum atomic E-state index is 13.1. The Hall–Kier alpha value is -1.68. The zero-order valence-corrected chi connectivity index (χ0v) is 13.8. The van der Waals surface area contributed by atoms with E-state index < -0.39 is 0 Å². The smallest absolute Gasteiger partial charge is 0.230 e. The molecule has 2 unspecified atom stereocenters. The van der Waals surface area contributed by atoms with Crippen LogP contribution in [-0.2, 0) is 24.1 Å². The lowest BCUT2D eigenvalue weighted by atomic mass is 9.89. The van der Waals surface area contributed by atoms with E-state index in [4.69, 9.17) is 0 Å². The fourth-order valence-corrected chi connectivity index (χ4v) is 4.88. The topological polar surface area (TPSA) is 33.2 Å². The normalized spacial score (nSPS) is 23.3. The van der Waals surface area contributed by atoms with Crippen molar-refractivity contribution in [2.75, 3.05) is 4.90 Å². The van der Waals surface area contributed by atoms with Crippen LogP contribution >= 0.6 is 11.3 Å². The molecule has 2 aromatic rings. The van der Waals surface area contributed by atoms with Crippen LogP contribution in [0.1, 0.15) is 34.5 Å². The van der Waals surface area contributed by atoms with Gasteiger partial charge in [-0.25, -0.2) is 4.98 Å². The van der Waals surface area contributed by atoms with Crippen LogP contribution in [0.5, 0.6) is 0 Å². The van der Waals surface area contributed by atoms with Gasteiger partial charge in [-0.1, -0.05) is 18.2 Å². The second-order valence-corrected chi connectivity index (χ2v) is 7.72. The van der Waals surface area contributed by atoms with Gasteiger partial charge in [0.1, 0.15) is 0 Å². The second-order valence-electron chi connectivity index (χ2n) is 6.43. The van der Waals surface area contributed by atoms with Crippen LogP contribution in [-0.4, -0.2) is 16.9 Å². The average molecular weight is 312 g/mol. The number of rotatable bonds is 1. The van der Waals surface area contributed by atoms with Crippen molar-refractivity contribution in [3.63, 3.8) is 0 Å². The molecule has 0 spiro atoms. The van der Waals surface area contributed by atoms with E-state index in [1.807, 2.05) is 11.0 Å². The highest BCUT2D eigenvalue weighted by atomic mass is 32.1. The first-order valence-corrected chi connectivity index (χ1v) is 8.81. The standard InChI is InChI=1S/C18H20N2OS/c1-11-9-13-5-3-4-6-16(13)20(11)18(21)14-7-8-15-17(10-14)22-12(2)19-15/h3-6,11,14H,7-10H2,1-2H3. The predicted molar refractivity (Wildman–Crippen MR) is 89.5 cm³/mol. The molecule has 114 valence electrons. The summed E-state index contributed by atoms with van der Waals surface area (Å²) in [7, 11) is 0. The van der Waals surface area contributed by atoms with E-state index in [-0.39, 0.29) is 12.0 Å². The molecule has 22 heavy (non-hydrogen) atoms. The lowest BCUT2D eigenvalue weighted by molar-refractivity contribution is -0.123. The highest BCUT2D eigenvalue weighted by Gasteiger charge is 2.36. The van der Waals surface area contributed by atoms with Gasteiger partial charge in [0.05, 0.1) is 10.7 Å². The molecule has 2 atom stereocenters. The van der Waals surface area contributed by atoms with Crippen molar-refractivity contribution < 1.29 is 4.79 Å². The average Bonchev–Trinajstić information content (AvgIpc) is 3.03. The Morgan fingerprint density at radius 1 is 1.32 bits per heavy atom. The Bertz CT molecular complexity index is 736. The maximum absolute atomic E-state index is 13.1. The molecule has 4 heteroatoms. The molecule has 4 rings (SSSR count). The third-order valence-electron chi connectivity index (χ3n) is 4.84. The number of anilines is 1. The number of hydrogen-bond donors (Lipinski definition) is 0. The number of thiazole rings is 1. The zero-order valence-electron chi connectivity index (χ0n) is 13.0. The molecule has 1 aliphatic carbocycles. The molecule has 0 radical (unpaired) electrons. The summed E-state index contributed by atoms with van der Waals surface area (Å²) < 4.78 is 0. The summed E-state index contributed by atoms with van der Waals surface area (Å²) in [6.07, 6.45) is 3.71. The molecule has 3 nitrogen and oxygen atoms in total. The molecule has 1 aromatic heterocycles. The molecule has 0 saturated heterocycles. The quantitative estimate of drug-likeness (QED) is 0.807. The molecule has 1 aromatic carbocycles. The van der Waals surface area contributed by atoms with Gasteiger partial charge in [0.2, 0.25) is 5.91 Å². The molecular formula is C18H20N2OS. The van der Waals surface area contributed by atoms with E-state index in [1.165, 1.54) is 16.1 Å². The Labute approximate surface area is 135 Å². The Kier molecular flexibility index (Phi) is 3.30. The molecule has 1 aliphatic heterocycles. The van der Waals surface area contributed by atoms with Crippen LogP contribution in [0.15, 0.2) is 24.3 Å². The van der Waals surface area contributed by atoms with Crippen molar-refractivity contribution >= 4 is 22.9 Å². The first-order chi connectivity index (χ1) is 10.6. The van der Waals surface area contributed by atoms with Gasteiger partial charge in [0.25, 0.3) is 0 Å². The van der Waals surface area contributed by atoms with Crippen LogP contribution in [0.2, 0.25) is 0 Å². The van der Waals surface area contributed by atoms with Crippen molar-refractivity contribution in [1.82, 2.24) is 4.98 Å². The molecule has 0 fully saturated rings. The number of amides is 1. The van der Waals surface area contributed by atoms with Gasteiger partial charge >= 0.3 is 0 Å². The zero-order chi connectivity index (χ0) is 15.3. The summed E-state index contributed by atoms with van der Waals surface area (Å²) in [5, 5.41) is 1.12. The lowest BCUT2D eigenvalue weighted by Gasteiger charge is -2.29. The van der Waals surface area contributed by atoms with Gasteiger partial charge in [-0.05, 0) is 51.2 Å². The number of aromatic nitrogens is 1. The summed E-state index contributed by atoms with van der Waals surface area (Å²) in [5.41, 5.74) is 3.64. The first kappa shape index (κ1) is 13.9. The Morgan fingerprint density at radius 2 is 2.14 bits per heavy atom. The van der Waals surface area contributed by atoms with Crippen LogP contribution in [0.4, 0.5) is 5.69 Å². The number of carbonyl (C=O) groups is 1. The number of para-hydroxylation sites is 1. The first-order valence-electron chi connectivity index (χ1n) is 7.99. The van der Waals surface area contributed by atoms with Crippen molar-refractivity contribution in [2.45, 2.75) is 45.6 Å². The fourth-order valence-electron chi connectivity index (χ4n) is 3.81. The van der Waals surface area contributed by atoms with Crippen LogP contribution < -0.4 is 4.90 Å². The minimum absolute atomic E-state index is 0.112. The minimum atomic E-state index is 0.112. The van der Waals surface area contributed by atoms with Gasteiger partial charge in [-0.2, -0.15) is 0 Å². The van der Waals surface area contributed by atoms with Gasteiger partial charge in [-0.3, -0.25) is 4.79 Å². The minimum Gasteiger partial charge on any atom is -0.309 e. The summed E-state index contributed by atoms with van der Waals surface area (Å²) in [6, 6.07) is 8.59. The summed E-state index contributed by atoms with van der Waals surface area (Å²) in [5.74, 6) is 0.412. The number of fused-ring (bicyclic) bond motifs is 2. The third kappa shape index (κ3) is 2.17. The number of aryl methyl sites for hydroxylation is 2. The van der Waals surface area contributed by atoms with Crippen LogP contribution in [0.3, 0.4) is 0 Å². The second kappa shape index (κ2) is 5.20. The van der Waals surface area contributed by atoms with Crippen molar-refractivity contribution in [3.05, 3.63) is 45.4 Å². The number of carbonyl (C=O) groups excluding carboxylic acids is 1. The molecule has 0 N–H and O–H groups in total. The third-order valence-corrected chi connectivity index (χ3v) is 5.88. The van der Waals surface area contributed by atoms with Crippen molar-refractivity contribution in [3.8, 4) is 0 Å². The Balaban J connectivity index is 1.60. The van der Waals surface area contributed by atoms with Crippen molar-refractivity contribution in [1.29, 1.82) is 0 Å². The molecule has 0 bridgehead atoms. The molecule has 0 saturated carbocycles. The van der Waals surface area contributed by atoms with Crippen LogP contribution in [0.25, 0.3) is 0 Å². The molecule has 2 aliphatic rings. The van der Waals surface area contributed by atoms with E-state index in [1.54, 1.807) is 11.3 Å². The molecule has 2 heterocycles. The SMILES string of the molecule is Cc1nc2c(s1)CC(C(=O)N1c3ccccc3CC1C)CC2. The van der Waals surface area contributed by atoms with Gasteiger partial charge < -0.3 is 4.90 Å². The van der Waals surface area contributed by atoms with E-state index >= 15 is 0 Å². The number of benzene rings is 1. The highest BCUT2D eigenvalue weighted by molar-refractivity contribution is 7.11.